The Kier molecular flexibility index (Phi) is 5.94. The average Bonchev–Trinajstić information content (AvgIpc) is 3.26. The van der Waals surface area contributed by atoms with Crippen LogP contribution in [0.25, 0.3) is 21.8 Å². The maximum absolute atomic E-state index is 2.53. The summed E-state index contributed by atoms with van der Waals surface area (Å²) in [6.45, 7) is 1.00. The van der Waals surface area contributed by atoms with Crippen LogP contribution in [0.2, 0.25) is 0 Å². The van der Waals surface area contributed by atoms with Gasteiger partial charge in [-0.2, -0.15) is 0 Å². The number of rotatable bonds is 7. The first kappa shape index (κ1) is 21.8. The highest BCUT2D eigenvalue weighted by molar-refractivity contribution is 7.95. The lowest BCUT2D eigenvalue weighted by molar-refractivity contribution is 0.728. The van der Waals surface area contributed by atoms with Crippen molar-refractivity contribution in [3.63, 3.8) is 0 Å². The van der Waals surface area contributed by atoms with Crippen LogP contribution in [-0.2, 0) is 6.54 Å². The summed E-state index contributed by atoms with van der Waals surface area (Å²) in [7, 11) is -1.81. The van der Waals surface area contributed by atoms with Gasteiger partial charge in [-0.25, -0.2) is 0 Å². The molecule has 0 aliphatic carbocycles. The van der Waals surface area contributed by atoms with Crippen LogP contribution in [0.5, 0.6) is 0 Å². The van der Waals surface area contributed by atoms with Crippen molar-refractivity contribution >= 4 is 45.0 Å². The third-order valence-electron chi connectivity index (χ3n) is 7.15. The average molecular weight is 471 g/mol. The molecular formula is C33H29NP+. The SMILES string of the molecule is c1ccc([P+](CCCn2c3ccccc3c3ccccc32)(c2ccccc2)c2ccccc2)cc1. The van der Waals surface area contributed by atoms with Crippen molar-refractivity contribution in [2.75, 3.05) is 6.16 Å². The van der Waals surface area contributed by atoms with Crippen molar-refractivity contribution in [1.82, 2.24) is 4.57 Å². The fraction of sp³-hybridized carbons (Fsp3) is 0.0909. The molecule has 0 amide bonds. The largest absolute Gasteiger partial charge is 0.340 e. The molecule has 0 aliphatic heterocycles. The molecule has 1 heterocycles. The van der Waals surface area contributed by atoms with E-state index < -0.39 is 7.26 Å². The van der Waals surface area contributed by atoms with E-state index in [1.165, 1.54) is 37.7 Å². The fourth-order valence-corrected chi connectivity index (χ4v) is 9.92. The molecule has 0 saturated heterocycles. The van der Waals surface area contributed by atoms with Crippen LogP contribution in [0.1, 0.15) is 6.42 Å². The highest BCUT2D eigenvalue weighted by atomic mass is 31.2. The third kappa shape index (κ3) is 3.87. The van der Waals surface area contributed by atoms with Gasteiger partial charge in [-0.15, -0.1) is 0 Å². The van der Waals surface area contributed by atoms with Crippen molar-refractivity contribution in [1.29, 1.82) is 0 Å². The predicted octanol–water partition coefficient (Wildman–Crippen LogP) is 7.18. The number of nitrogens with zero attached hydrogens (tertiary/aromatic N) is 1. The monoisotopic (exact) mass is 470 g/mol. The molecule has 0 radical (unpaired) electrons. The van der Waals surface area contributed by atoms with Gasteiger partial charge in [-0.1, -0.05) is 91.0 Å². The van der Waals surface area contributed by atoms with Gasteiger partial charge in [-0.05, 0) is 48.5 Å². The van der Waals surface area contributed by atoms with Crippen molar-refractivity contribution in [2.24, 2.45) is 0 Å². The molecule has 2 heteroatoms. The van der Waals surface area contributed by atoms with Crippen molar-refractivity contribution in [3.8, 4) is 0 Å². The number of hydrogen-bond donors (Lipinski definition) is 0. The van der Waals surface area contributed by atoms with E-state index in [2.05, 4.69) is 144 Å². The number of para-hydroxylation sites is 2. The standard InChI is InChI=1S/C33H29NP/c1-4-15-27(16-5-1)35(28-17-6-2-7-18-28,29-19-8-3-9-20-29)26-14-25-34-32-23-12-10-21-30(32)31-22-11-13-24-33(31)34/h1-13,15-24H,14,25-26H2/q+1. The fourth-order valence-electron chi connectivity index (χ4n) is 5.59. The molecule has 0 spiro atoms. The Hall–Kier alpha value is -3.67. The molecule has 5 aromatic carbocycles. The predicted molar refractivity (Wildman–Crippen MR) is 154 cm³/mol. The highest BCUT2D eigenvalue weighted by Crippen LogP contribution is 2.55. The zero-order valence-corrected chi connectivity index (χ0v) is 20.7. The molecule has 1 aromatic heterocycles. The summed E-state index contributed by atoms with van der Waals surface area (Å²) in [5, 5.41) is 7.07. The Morgan fingerprint density at radius 1 is 0.429 bits per heavy atom. The number of aromatic nitrogens is 1. The van der Waals surface area contributed by atoms with Gasteiger partial charge >= 0.3 is 0 Å². The zero-order valence-electron chi connectivity index (χ0n) is 19.8. The topological polar surface area (TPSA) is 4.93 Å². The van der Waals surface area contributed by atoms with Gasteiger partial charge < -0.3 is 4.57 Å². The molecule has 0 fully saturated rings. The summed E-state index contributed by atoms with van der Waals surface area (Å²) in [4.78, 5) is 0. The molecule has 0 saturated carbocycles. The number of fused-ring (bicyclic) bond motifs is 3. The van der Waals surface area contributed by atoms with Gasteiger partial charge in [0.2, 0.25) is 0 Å². The minimum absolute atomic E-state index is 1.00. The van der Waals surface area contributed by atoms with E-state index in [0.717, 1.165) is 19.1 Å². The van der Waals surface area contributed by atoms with Crippen LogP contribution in [0.4, 0.5) is 0 Å². The van der Waals surface area contributed by atoms with Crippen molar-refractivity contribution in [2.45, 2.75) is 13.0 Å². The summed E-state index contributed by atoms with van der Waals surface area (Å²) in [5.41, 5.74) is 2.66. The second kappa shape index (κ2) is 9.53. The van der Waals surface area contributed by atoms with E-state index >= 15 is 0 Å². The van der Waals surface area contributed by atoms with Crippen molar-refractivity contribution < 1.29 is 0 Å². The lowest BCUT2D eigenvalue weighted by Crippen LogP contribution is -2.33. The quantitative estimate of drug-likeness (QED) is 0.218. The first-order valence-corrected chi connectivity index (χ1v) is 14.4. The Bertz CT molecular complexity index is 1400. The van der Waals surface area contributed by atoms with Crippen LogP contribution in [-0.4, -0.2) is 10.7 Å². The first-order chi connectivity index (χ1) is 17.4. The minimum Gasteiger partial charge on any atom is -0.340 e. The first-order valence-electron chi connectivity index (χ1n) is 12.4. The van der Waals surface area contributed by atoms with E-state index in [1.54, 1.807) is 0 Å². The highest BCUT2D eigenvalue weighted by Gasteiger charge is 2.44. The van der Waals surface area contributed by atoms with E-state index in [4.69, 9.17) is 0 Å². The Morgan fingerprint density at radius 2 is 0.800 bits per heavy atom. The summed E-state index contributed by atoms with van der Waals surface area (Å²) in [5.74, 6) is 0. The Labute approximate surface area is 208 Å². The molecular weight excluding hydrogens is 441 g/mol. The van der Waals surface area contributed by atoms with Gasteiger partial charge in [0.25, 0.3) is 0 Å². The third-order valence-corrected chi connectivity index (χ3v) is 11.7. The second-order valence-corrected chi connectivity index (χ2v) is 12.7. The van der Waals surface area contributed by atoms with Gasteiger partial charge in [0.1, 0.15) is 23.2 Å². The second-order valence-electron chi connectivity index (χ2n) is 9.08. The molecule has 0 atom stereocenters. The summed E-state index contributed by atoms with van der Waals surface area (Å²) in [6.07, 6.45) is 2.24. The normalized spacial score (nSPS) is 11.8. The lowest BCUT2D eigenvalue weighted by Gasteiger charge is -2.28. The van der Waals surface area contributed by atoms with E-state index in [9.17, 15) is 0 Å². The smallest absolute Gasteiger partial charge is 0.112 e. The van der Waals surface area contributed by atoms with E-state index in [0.29, 0.717) is 0 Å². The molecule has 0 N–H and O–H groups in total. The Balaban J connectivity index is 1.45. The van der Waals surface area contributed by atoms with Crippen LogP contribution >= 0.6 is 7.26 Å². The number of hydrogen-bond acceptors (Lipinski definition) is 0. The van der Waals surface area contributed by atoms with Gasteiger partial charge in [-0.3, -0.25) is 0 Å². The molecule has 6 rings (SSSR count). The summed E-state index contributed by atoms with van der Waals surface area (Å²) >= 11 is 0. The minimum atomic E-state index is -1.81. The van der Waals surface area contributed by atoms with Gasteiger partial charge in [0.05, 0.1) is 6.16 Å². The molecule has 0 bridgehead atoms. The molecule has 170 valence electrons. The van der Waals surface area contributed by atoms with Gasteiger partial charge in [0, 0.05) is 34.8 Å². The van der Waals surface area contributed by atoms with Crippen LogP contribution < -0.4 is 15.9 Å². The van der Waals surface area contributed by atoms with Gasteiger partial charge in [0.15, 0.2) is 0 Å². The zero-order chi connectivity index (χ0) is 23.5. The maximum Gasteiger partial charge on any atom is 0.112 e. The maximum atomic E-state index is 2.53. The number of aryl methyl sites for hydroxylation is 1. The lowest BCUT2D eigenvalue weighted by atomic mass is 10.2. The van der Waals surface area contributed by atoms with Crippen LogP contribution in [0.15, 0.2) is 140 Å². The number of benzene rings is 5. The van der Waals surface area contributed by atoms with Crippen LogP contribution in [0.3, 0.4) is 0 Å². The molecule has 1 nitrogen and oxygen atoms in total. The van der Waals surface area contributed by atoms with E-state index in [1.807, 2.05) is 0 Å². The molecule has 0 unspecified atom stereocenters. The van der Waals surface area contributed by atoms with Crippen LogP contribution in [0, 0.1) is 0 Å². The Morgan fingerprint density at radius 3 is 1.23 bits per heavy atom. The molecule has 0 aliphatic rings. The summed E-state index contributed by atoms with van der Waals surface area (Å²) in [6, 6.07) is 51.3. The summed E-state index contributed by atoms with van der Waals surface area (Å²) < 4.78 is 2.53. The van der Waals surface area contributed by atoms with E-state index in [-0.39, 0.29) is 0 Å². The molecule has 6 aromatic rings. The molecule has 35 heavy (non-hydrogen) atoms. The van der Waals surface area contributed by atoms with Crippen molar-refractivity contribution in [3.05, 3.63) is 140 Å².